The van der Waals surface area contributed by atoms with Crippen LogP contribution in [0.2, 0.25) is 0 Å². The maximum atomic E-state index is 12.9. The third-order valence-electron chi connectivity index (χ3n) is 2.90. The van der Waals surface area contributed by atoms with Crippen LogP contribution >= 0.6 is 11.3 Å². The van der Waals surface area contributed by atoms with E-state index in [1.54, 1.807) is 6.08 Å². The molecule has 1 aromatic heterocycles. The Kier molecular flexibility index (Phi) is 5.27. The first-order valence-corrected chi connectivity index (χ1v) is 8.85. The zero-order valence-corrected chi connectivity index (χ0v) is 13.0. The molecule has 0 aliphatic carbocycles. The summed E-state index contributed by atoms with van der Waals surface area (Å²) in [5.41, 5.74) is 0.566. The van der Waals surface area contributed by atoms with Crippen LogP contribution in [0.15, 0.2) is 54.4 Å². The molecule has 0 atom stereocenters. The molecule has 6 heteroatoms. The van der Waals surface area contributed by atoms with E-state index in [-0.39, 0.29) is 18.1 Å². The standard InChI is InChI=1S/C15H16FNO2S2/c1-2-9-17(11-15-4-3-10-20-15)21(18,19)12-13-5-7-14(16)8-6-13/h2-8,10H,1,9,11-12H2. The Morgan fingerprint density at radius 2 is 1.95 bits per heavy atom. The van der Waals surface area contributed by atoms with Crippen molar-refractivity contribution in [1.29, 1.82) is 0 Å². The van der Waals surface area contributed by atoms with Crippen molar-refractivity contribution in [3.63, 3.8) is 0 Å². The largest absolute Gasteiger partial charge is 0.218 e. The van der Waals surface area contributed by atoms with Gasteiger partial charge in [-0.25, -0.2) is 12.8 Å². The minimum Gasteiger partial charge on any atom is -0.212 e. The highest BCUT2D eigenvalue weighted by atomic mass is 32.2. The molecule has 21 heavy (non-hydrogen) atoms. The molecule has 1 aromatic carbocycles. The first-order valence-electron chi connectivity index (χ1n) is 6.37. The zero-order valence-electron chi connectivity index (χ0n) is 11.4. The molecule has 0 saturated carbocycles. The van der Waals surface area contributed by atoms with Gasteiger partial charge >= 0.3 is 0 Å². The molecule has 3 nitrogen and oxygen atoms in total. The number of benzene rings is 1. The molecule has 2 aromatic rings. The molecule has 0 spiro atoms. The van der Waals surface area contributed by atoms with Crippen molar-refractivity contribution < 1.29 is 12.8 Å². The lowest BCUT2D eigenvalue weighted by molar-refractivity contribution is 0.440. The molecule has 0 saturated heterocycles. The van der Waals surface area contributed by atoms with Crippen LogP contribution in [0, 0.1) is 5.82 Å². The Morgan fingerprint density at radius 3 is 2.52 bits per heavy atom. The number of rotatable bonds is 7. The summed E-state index contributed by atoms with van der Waals surface area (Å²) in [6.07, 6.45) is 1.57. The Labute approximate surface area is 128 Å². The minimum absolute atomic E-state index is 0.146. The average molecular weight is 325 g/mol. The van der Waals surface area contributed by atoms with Gasteiger partial charge in [0, 0.05) is 18.0 Å². The first kappa shape index (κ1) is 15.9. The van der Waals surface area contributed by atoms with Crippen LogP contribution < -0.4 is 0 Å². The van der Waals surface area contributed by atoms with Crippen molar-refractivity contribution in [3.05, 3.63) is 70.7 Å². The summed E-state index contributed by atoms with van der Waals surface area (Å²) < 4.78 is 39.2. The van der Waals surface area contributed by atoms with Gasteiger partial charge in [0.15, 0.2) is 0 Å². The molecule has 0 aliphatic rings. The van der Waals surface area contributed by atoms with E-state index in [1.165, 1.54) is 39.9 Å². The van der Waals surface area contributed by atoms with Gasteiger partial charge in [-0.15, -0.1) is 17.9 Å². The number of nitrogens with zero attached hydrogens (tertiary/aromatic N) is 1. The van der Waals surface area contributed by atoms with Crippen molar-refractivity contribution in [3.8, 4) is 0 Å². The van der Waals surface area contributed by atoms with E-state index in [0.717, 1.165) is 4.88 Å². The van der Waals surface area contributed by atoms with Gasteiger partial charge in [-0.1, -0.05) is 24.3 Å². The Balaban J connectivity index is 2.16. The summed E-state index contributed by atoms with van der Waals surface area (Å²) in [6, 6.07) is 9.30. The average Bonchev–Trinajstić information content (AvgIpc) is 2.94. The Morgan fingerprint density at radius 1 is 1.24 bits per heavy atom. The first-order chi connectivity index (χ1) is 10.0. The van der Waals surface area contributed by atoms with Crippen molar-refractivity contribution in [2.24, 2.45) is 0 Å². The summed E-state index contributed by atoms with van der Waals surface area (Å²) in [4.78, 5) is 0.972. The maximum Gasteiger partial charge on any atom is 0.218 e. The molecule has 2 rings (SSSR count). The molecular weight excluding hydrogens is 309 g/mol. The molecule has 1 heterocycles. The summed E-state index contributed by atoms with van der Waals surface area (Å²) in [7, 11) is -3.48. The van der Waals surface area contributed by atoms with Crippen LogP contribution in [0.5, 0.6) is 0 Å². The van der Waals surface area contributed by atoms with Gasteiger partial charge in [0.05, 0.1) is 5.75 Å². The topological polar surface area (TPSA) is 37.4 Å². The lowest BCUT2D eigenvalue weighted by Gasteiger charge is -2.20. The predicted molar refractivity (Wildman–Crippen MR) is 83.9 cm³/mol. The van der Waals surface area contributed by atoms with Crippen LogP contribution in [-0.2, 0) is 22.3 Å². The Hall–Kier alpha value is -1.50. The molecule has 0 N–H and O–H groups in total. The number of hydrogen-bond acceptors (Lipinski definition) is 3. The van der Waals surface area contributed by atoms with Crippen LogP contribution in [0.1, 0.15) is 10.4 Å². The van der Waals surface area contributed by atoms with Crippen LogP contribution in [0.3, 0.4) is 0 Å². The second-order valence-corrected chi connectivity index (χ2v) is 7.54. The summed E-state index contributed by atoms with van der Waals surface area (Å²) in [5, 5.41) is 1.91. The molecule has 0 amide bonds. The number of halogens is 1. The highest BCUT2D eigenvalue weighted by molar-refractivity contribution is 7.88. The van der Waals surface area contributed by atoms with E-state index in [9.17, 15) is 12.8 Å². The Bertz CT molecular complexity index is 679. The molecule has 0 unspecified atom stereocenters. The molecular formula is C15H16FNO2S2. The summed E-state index contributed by atoms with van der Waals surface area (Å²) in [6.45, 7) is 4.19. The molecule has 0 bridgehead atoms. The molecule has 112 valence electrons. The number of sulfonamides is 1. The number of hydrogen-bond donors (Lipinski definition) is 0. The van der Waals surface area contributed by atoms with Crippen molar-refractivity contribution in [2.45, 2.75) is 12.3 Å². The zero-order chi connectivity index (χ0) is 15.3. The van der Waals surface area contributed by atoms with Crippen molar-refractivity contribution >= 4 is 21.4 Å². The lowest BCUT2D eigenvalue weighted by Crippen LogP contribution is -2.31. The second kappa shape index (κ2) is 6.98. The highest BCUT2D eigenvalue weighted by Crippen LogP contribution is 2.17. The quantitative estimate of drug-likeness (QED) is 0.732. The SMILES string of the molecule is C=CCN(Cc1cccs1)S(=O)(=O)Cc1ccc(F)cc1. The van der Waals surface area contributed by atoms with Crippen molar-refractivity contribution in [1.82, 2.24) is 4.31 Å². The van der Waals surface area contributed by atoms with E-state index in [4.69, 9.17) is 0 Å². The fourth-order valence-electron chi connectivity index (χ4n) is 1.88. The fourth-order valence-corrected chi connectivity index (χ4v) is 4.15. The van der Waals surface area contributed by atoms with E-state index in [0.29, 0.717) is 12.1 Å². The van der Waals surface area contributed by atoms with Gasteiger partial charge in [-0.05, 0) is 29.1 Å². The van der Waals surface area contributed by atoms with Gasteiger partial charge in [0.2, 0.25) is 10.0 Å². The van der Waals surface area contributed by atoms with E-state index in [2.05, 4.69) is 6.58 Å². The summed E-state index contributed by atoms with van der Waals surface area (Å²) in [5.74, 6) is -0.523. The molecule has 0 fully saturated rings. The van der Waals surface area contributed by atoms with Crippen molar-refractivity contribution in [2.75, 3.05) is 6.54 Å². The maximum absolute atomic E-state index is 12.9. The normalized spacial score (nSPS) is 11.7. The second-order valence-electron chi connectivity index (χ2n) is 4.54. The minimum atomic E-state index is -3.48. The van der Waals surface area contributed by atoms with E-state index in [1.807, 2.05) is 17.5 Å². The summed E-state index contributed by atoms with van der Waals surface area (Å²) >= 11 is 1.51. The van der Waals surface area contributed by atoms with Gasteiger partial charge in [-0.3, -0.25) is 0 Å². The predicted octanol–water partition coefficient (Wildman–Crippen LogP) is 3.41. The van der Waals surface area contributed by atoms with E-state index >= 15 is 0 Å². The van der Waals surface area contributed by atoms with Crippen LogP contribution in [0.25, 0.3) is 0 Å². The van der Waals surface area contributed by atoms with Gasteiger partial charge < -0.3 is 0 Å². The molecule has 0 radical (unpaired) electrons. The van der Waals surface area contributed by atoms with Gasteiger partial charge in [-0.2, -0.15) is 4.31 Å². The monoisotopic (exact) mass is 325 g/mol. The molecule has 0 aliphatic heterocycles. The lowest BCUT2D eigenvalue weighted by atomic mass is 10.2. The smallest absolute Gasteiger partial charge is 0.212 e. The fraction of sp³-hybridized carbons (Fsp3) is 0.200. The highest BCUT2D eigenvalue weighted by Gasteiger charge is 2.22. The van der Waals surface area contributed by atoms with Crippen LogP contribution in [0.4, 0.5) is 4.39 Å². The van der Waals surface area contributed by atoms with Gasteiger partial charge in [0.25, 0.3) is 0 Å². The third kappa shape index (κ3) is 4.49. The van der Waals surface area contributed by atoms with E-state index < -0.39 is 10.0 Å². The third-order valence-corrected chi connectivity index (χ3v) is 5.52. The number of thiophene rings is 1. The van der Waals surface area contributed by atoms with Gasteiger partial charge in [0.1, 0.15) is 5.82 Å². The van der Waals surface area contributed by atoms with Crippen LogP contribution in [-0.4, -0.2) is 19.3 Å².